The van der Waals surface area contributed by atoms with Crippen LogP contribution < -0.4 is 5.32 Å². The Balaban J connectivity index is 1.66. The van der Waals surface area contributed by atoms with Gasteiger partial charge in [0.2, 0.25) is 0 Å². The van der Waals surface area contributed by atoms with Gasteiger partial charge in [0, 0.05) is 6.04 Å². The molecule has 2 N–H and O–H groups in total. The lowest BCUT2D eigenvalue weighted by molar-refractivity contribution is -0.139. The van der Waals surface area contributed by atoms with E-state index in [-0.39, 0.29) is 6.04 Å². The molecule has 3 rings (SSSR count). The lowest BCUT2D eigenvalue weighted by atomic mass is 9.87. The van der Waals surface area contributed by atoms with Crippen molar-refractivity contribution in [3.05, 3.63) is 71.3 Å². The van der Waals surface area contributed by atoms with Crippen LogP contribution in [0.5, 0.6) is 0 Å². The molecule has 0 bridgehead atoms. The monoisotopic (exact) mass is 295 g/mol. The van der Waals surface area contributed by atoms with Crippen LogP contribution in [0.4, 0.5) is 0 Å². The maximum absolute atomic E-state index is 11.6. The number of nitrogens with one attached hydrogen (secondary N) is 1. The SMILES string of the molecule is O=C(O)[C@@H](Cc1ccccc1)NC1CCc2ccccc2C1. The topological polar surface area (TPSA) is 49.3 Å². The van der Waals surface area contributed by atoms with Crippen LogP contribution in [-0.2, 0) is 24.1 Å². The van der Waals surface area contributed by atoms with Crippen molar-refractivity contribution in [3.8, 4) is 0 Å². The molecule has 1 unspecified atom stereocenters. The summed E-state index contributed by atoms with van der Waals surface area (Å²) in [6.45, 7) is 0. The van der Waals surface area contributed by atoms with E-state index in [0.717, 1.165) is 24.8 Å². The lowest BCUT2D eigenvalue weighted by Gasteiger charge is -2.28. The number of carboxylic acids is 1. The Morgan fingerprint density at radius 3 is 2.50 bits per heavy atom. The van der Waals surface area contributed by atoms with Crippen LogP contribution in [-0.4, -0.2) is 23.2 Å². The summed E-state index contributed by atoms with van der Waals surface area (Å²) in [4.78, 5) is 11.6. The van der Waals surface area contributed by atoms with Crippen molar-refractivity contribution in [1.29, 1.82) is 0 Å². The molecule has 114 valence electrons. The number of fused-ring (bicyclic) bond motifs is 1. The first-order chi connectivity index (χ1) is 10.7. The zero-order valence-electron chi connectivity index (χ0n) is 12.5. The molecule has 0 spiro atoms. The third-order valence-electron chi connectivity index (χ3n) is 4.36. The van der Waals surface area contributed by atoms with Gasteiger partial charge < -0.3 is 10.4 Å². The van der Waals surface area contributed by atoms with Crippen molar-refractivity contribution in [2.75, 3.05) is 0 Å². The van der Waals surface area contributed by atoms with Crippen LogP contribution >= 0.6 is 0 Å². The van der Waals surface area contributed by atoms with Gasteiger partial charge in [-0.3, -0.25) is 4.79 Å². The molecule has 3 heteroatoms. The van der Waals surface area contributed by atoms with Crippen molar-refractivity contribution < 1.29 is 9.90 Å². The quantitative estimate of drug-likeness (QED) is 0.892. The molecule has 0 fully saturated rings. The zero-order valence-corrected chi connectivity index (χ0v) is 12.5. The summed E-state index contributed by atoms with van der Waals surface area (Å²) in [5.74, 6) is -0.775. The predicted molar refractivity (Wildman–Crippen MR) is 87.0 cm³/mol. The summed E-state index contributed by atoms with van der Waals surface area (Å²) in [6, 6.07) is 18.0. The molecular formula is C19H21NO2. The van der Waals surface area contributed by atoms with E-state index in [1.807, 2.05) is 30.3 Å². The smallest absolute Gasteiger partial charge is 0.321 e. The summed E-state index contributed by atoms with van der Waals surface area (Å²) >= 11 is 0. The molecule has 1 aliphatic rings. The van der Waals surface area contributed by atoms with Gasteiger partial charge in [-0.2, -0.15) is 0 Å². The molecular weight excluding hydrogens is 274 g/mol. The highest BCUT2D eigenvalue weighted by molar-refractivity contribution is 5.74. The second-order valence-electron chi connectivity index (χ2n) is 5.96. The van der Waals surface area contributed by atoms with Gasteiger partial charge in [0.25, 0.3) is 0 Å². The van der Waals surface area contributed by atoms with E-state index < -0.39 is 12.0 Å². The molecule has 0 amide bonds. The van der Waals surface area contributed by atoms with E-state index >= 15 is 0 Å². The number of hydrogen-bond acceptors (Lipinski definition) is 2. The van der Waals surface area contributed by atoms with Crippen LogP contribution in [0.25, 0.3) is 0 Å². The molecule has 3 nitrogen and oxygen atoms in total. The van der Waals surface area contributed by atoms with Crippen molar-refractivity contribution >= 4 is 5.97 Å². The Bertz CT molecular complexity index is 639. The number of benzene rings is 2. The molecule has 0 aliphatic heterocycles. The summed E-state index contributed by atoms with van der Waals surface area (Å²) in [5, 5.41) is 12.8. The van der Waals surface area contributed by atoms with Crippen LogP contribution in [0.1, 0.15) is 23.1 Å². The molecule has 1 aliphatic carbocycles. The maximum Gasteiger partial charge on any atom is 0.321 e. The average molecular weight is 295 g/mol. The number of rotatable bonds is 5. The minimum atomic E-state index is -0.775. The molecule has 2 aromatic rings. The fourth-order valence-corrected chi connectivity index (χ4v) is 3.19. The maximum atomic E-state index is 11.6. The zero-order chi connectivity index (χ0) is 15.4. The Hall–Kier alpha value is -2.13. The van der Waals surface area contributed by atoms with Gasteiger partial charge in [-0.05, 0) is 42.4 Å². The first kappa shape index (κ1) is 14.8. The standard InChI is InChI=1S/C19H21NO2/c21-19(22)18(12-14-6-2-1-3-7-14)20-17-11-10-15-8-4-5-9-16(15)13-17/h1-9,17-18,20H,10-13H2,(H,21,22)/t17?,18-/m1/s1. The highest BCUT2D eigenvalue weighted by atomic mass is 16.4. The molecule has 2 atom stereocenters. The Labute approximate surface area is 131 Å². The van der Waals surface area contributed by atoms with Crippen molar-refractivity contribution in [2.24, 2.45) is 0 Å². The summed E-state index contributed by atoms with van der Waals surface area (Å²) < 4.78 is 0. The van der Waals surface area contributed by atoms with E-state index in [0.29, 0.717) is 6.42 Å². The number of hydrogen-bond donors (Lipinski definition) is 2. The van der Waals surface area contributed by atoms with E-state index in [1.165, 1.54) is 11.1 Å². The highest BCUT2D eigenvalue weighted by Crippen LogP contribution is 2.21. The largest absolute Gasteiger partial charge is 0.480 e. The average Bonchev–Trinajstić information content (AvgIpc) is 2.55. The fourth-order valence-electron chi connectivity index (χ4n) is 3.19. The second kappa shape index (κ2) is 6.75. The van der Waals surface area contributed by atoms with Crippen LogP contribution in [0.3, 0.4) is 0 Å². The molecule has 22 heavy (non-hydrogen) atoms. The van der Waals surface area contributed by atoms with Crippen molar-refractivity contribution in [2.45, 2.75) is 37.8 Å². The Kier molecular flexibility index (Phi) is 4.54. The third kappa shape index (κ3) is 3.55. The second-order valence-corrected chi connectivity index (χ2v) is 5.96. The van der Waals surface area contributed by atoms with E-state index in [2.05, 4.69) is 29.6 Å². The van der Waals surface area contributed by atoms with Gasteiger partial charge in [-0.15, -0.1) is 0 Å². The molecule has 0 aromatic heterocycles. The minimum absolute atomic E-state index is 0.236. The van der Waals surface area contributed by atoms with Crippen molar-refractivity contribution in [3.63, 3.8) is 0 Å². The van der Waals surface area contributed by atoms with Crippen molar-refractivity contribution in [1.82, 2.24) is 5.32 Å². The van der Waals surface area contributed by atoms with Gasteiger partial charge in [-0.1, -0.05) is 54.6 Å². The predicted octanol–water partition coefficient (Wildman–Crippen LogP) is 2.83. The first-order valence-corrected chi connectivity index (χ1v) is 7.82. The molecule has 0 radical (unpaired) electrons. The number of aryl methyl sites for hydroxylation is 1. The summed E-state index contributed by atoms with van der Waals surface area (Å²) in [5.41, 5.74) is 3.80. The van der Waals surface area contributed by atoms with Gasteiger partial charge in [0.1, 0.15) is 6.04 Å². The Morgan fingerprint density at radius 1 is 1.09 bits per heavy atom. The highest BCUT2D eigenvalue weighted by Gasteiger charge is 2.24. The van der Waals surface area contributed by atoms with E-state index in [4.69, 9.17) is 0 Å². The van der Waals surface area contributed by atoms with Crippen LogP contribution in [0, 0.1) is 0 Å². The van der Waals surface area contributed by atoms with Gasteiger partial charge in [0.15, 0.2) is 0 Å². The number of carboxylic acid groups (broad SMARTS) is 1. The van der Waals surface area contributed by atoms with Gasteiger partial charge in [-0.25, -0.2) is 0 Å². The van der Waals surface area contributed by atoms with E-state index in [9.17, 15) is 9.90 Å². The summed E-state index contributed by atoms with van der Waals surface area (Å²) in [6.07, 6.45) is 3.45. The molecule has 0 heterocycles. The van der Waals surface area contributed by atoms with Gasteiger partial charge in [0.05, 0.1) is 0 Å². The number of carbonyl (C=O) groups is 1. The van der Waals surface area contributed by atoms with Gasteiger partial charge >= 0.3 is 5.97 Å². The third-order valence-corrected chi connectivity index (χ3v) is 4.36. The molecule has 0 saturated heterocycles. The summed E-state index contributed by atoms with van der Waals surface area (Å²) in [7, 11) is 0. The Morgan fingerprint density at radius 2 is 1.77 bits per heavy atom. The minimum Gasteiger partial charge on any atom is -0.480 e. The van der Waals surface area contributed by atoms with Crippen LogP contribution in [0.2, 0.25) is 0 Å². The normalized spacial score (nSPS) is 18.5. The molecule has 2 aromatic carbocycles. The van der Waals surface area contributed by atoms with E-state index in [1.54, 1.807) is 0 Å². The lowest BCUT2D eigenvalue weighted by Crippen LogP contribution is -2.46. The van der Waals surface area contributed by atoms with Crippen LogP contribution in [0.15, 0.2) is 54.6 Å². The first-order valence-electron chi connectivity index (χ1n) is 7.82. The number of aliphatic carboxylic acids is 1. The fraction of sp³-hybridized carbons (Fsp3) is 0.316. The molecule has 0 saturated carbocycles.